The number of hydrogen-bond acceptors (Lipinski definition) is 9. The number of fused-ring (bicyclic) bond motifs is 1. The molecule has 7 rings (SSSR count). The van der Waals surface area contributed by atoms with Gasteiger partial charge < -0.3 is 20.3 Å². The lowest BCUT2D eigenvalue weighted by Crippen LogP contribution is -2.40. The van der Waals surface area contributed by atoms with Crippen LogP contribution in [0.15, 0.2) is 23.1 Å². The van der Waals surface area contributed by atoms with Crippen LogP contribution in [0.3, 0.4) is 0 Å². The lowest BCUT2D eigenvalue weighted by atomic mass is 9.79. The quantitative estimate of drug-likeness (QED) is 0.309. The molecular formula is C30H36F4N8O4. The Hall–Kier alpha value is -3.82. The number of halogens is 4. The van der Waals surface area contributed by atoms with Crippen LogP contribution in [0.1, 0.15) is 91.6 Å². The summed E-state index contributed by atoms with van der Waals surface area (Å²) < 4.78 is 66.7. The third-order valence-corrected chi connectivity index (χ3v) is 9.61. The number of hydrogen-bond donors (Lipinski definition) is 2. The predicted octanol–water partition coefficient (Wildman–Crippen LogP) is 4.25. The van der Waals surface area contributed by atoms with Crippen molar-refractivity contribution in [1.82, 2.24) is 35.5 Å². The van der Waals surface area contributed by atoms with Crippen LogP contribution in [0, 0.1) is 17.8 Å². The molecule has 3 aromatic heterocycles. The van der Waals surface area contributed by atoms with Crippen molar-refractivity contribution < 1.29 is 36.5 Å². The van der Waals surface area contributed by atoms with Crippen molar-refractivity contribution in [3.8, 4) is 0 Å². The van der Waals surface area contributed by atoms with Crippen molar-refractivity contribution in [2.24, 2.45) is 17.8 Å². The van der Waals surface area contributed by atoms with Crippen LogP contribution in [-0.2, 0) is 9.53 Å². The van der Waals surface area contributed by atoms with Crippen LogP contribution in [0.2, 0.25) is 0 Å². The summed E-state index contributed by atoms with van der Waals surface area (Å²) in [4.78, 5) is 33.0. The third kappa shape index (κ3) is 6.67. The van der Waals surface area contributed by atoms with Gasteiger partial charge in [0.05, 0.1) is 43.4 Å². The molecule has 16 heteroatoms. The molecule has 0 spiro atoms. The van der Waals surface area contributed by atoms with Crippen LogP contribution >= 0.6 is 0 Å². The molecule has 0 aromatic carbocycles. The van der Waals surface area contributed by atoms with E-state index in [4.69, 9.17) is 14.3 Å². The number of aromatic nitrogens is 5. The van der Waals surface area contributed by atoms with Crippen LogP contribution in [0.4, 0.5) is 23.4 Å². The highest BCUT2D eigenvalue weighted by atomic mass is 19.3. The maximum atomic E-state index is 14.1. The summed E-state index contributed by atoms with van der Waals surface area (Å²) in [6.07, 6.45) is 4.43. The summed E-state index contributed by atoms with van der Waals surface area (Å²) in [6.45, 7) is 1.95. The molecule has 2 N–H and O–H groups in total. The lowest BCUT2D eigenvalue weighted by molar-refractivity contribution is -0.134. The largest absolute Gasteiger partial charge is 0.378 e. The summed E-state index contributed by atoms with van der Waals surface area (Å²) in [7, 11) is 0. The first-order chi connectivity index (χ1) is 22.0. The fourth-order valence-electron chi connectivity index (χ4n) is 6.90. The monoisotopic (exact) mass is 648 g/mol. The van der Waals surface area contributed by atoms with Gasteiger partial charge in [0.1, 0.15) is 0 Å². The Bertz CT molecular complexity index is 1570. The molecule has 4 fully saturated rings. The highest BCUT2D eigenvalue weighted by Gasteiger charge is 2.46. The second kappa shape index (κ2) is 12.1. The number of morpholine rings is 1. The number of anilines is 1. The van der Waals surface area contributed by atoms with E-state index in [9.17, 15) is 27.2 Å². The van der Waals surface area contributed by atoms with Gasteiger partial charge in [0.25, 0.3) is 5.91 Å². The van der Waals surface area contributed by atoms with Gasteiger partial charge in [-0.1, -0.05) is 0 Å². The molecule has 2 amide bonds. The molecule has 3 saturated carbocycles. The van der Waals surface area contributed by atoms with Crippen LogP contribution in [-0.4, -0.2) is 74.9 Å². The van der Waals surface area contributed by atoms with Gasteiger partial charge in [-0.15, -0.1) is 0 Å². The first-order valence-electron chi connectivity index (χ1n) is 15.9. The number of nitrogens with one attached hydrogen (secondary N) is 2. The van der Waals surface area contributed by atoms with E-state index in [1.807, 2.05) is 11.0 Å². The highest BCUT2D eigenvalue weighted by molar-refractivity contribution is 5.97. The number of rotatable bonds is 10. The van der Waals surface area contributed by atoms with E-state index < -0.39 is 23.8 Å². The van der Waals surface area contributed by atoms with Crippen molar-refractivity contribution in [3.05, 3.63) is 35.4 Å². The average Bonchev–Trinajstić information content (AvgIpc) is 3.57. The van der Waals surface area contributed by atoms with Gasteiger partial charge in [0.2, 0.25) is 29.3 Å². The van der Waals surface area contributed by atoms with Gasteiger partial charge in [0, 0.05) is 45.2 Å². The molecule has 3 aromatic rings. The summed E-state index contributed by atoms with van der Waals surface area (Å²) in [6, 6.07) is 0.756. The molecule has 1 saturated heterocycles. The Labute approximate surface area is 261 Å². The standard InChI is InChI=1S/C30H36F4N8O4/c31-29(32)5-3-19(4-6-29)25(38-28(44)26-27(40-46-39-26)41-7-9-45-10-8-41)21-16-42-22(36-21)12-20(15-35-42)24(18-1-2-18)37-23(43)11-17-13-30(33,34)14-17/h12,15-19,24-25H,1-11,13-14H2,(H,37,43)(H,38,44)/t24-,25+/m1/s1. The summed E-state index contributed by atoms with van der Waals surface area (Å²) in [5, 5.41) is 18.3. The Balaban J connectivity index is 1.12. The van der Waals surface area contributed by atoms with E-state index in [1.165, 1.54) is 0 Å². The van der Waals surface area contributed by atoms with Gasteiger partial charge in [-0.2, -0.15) is 5.10 Å². The molecule has 248 valence electrons. The molecule has 1 aliphatic heterocycles. The highest BCUT2D eigenvalue weighted by Crippen LogP contribution is 2.45. The first-order valence-corrected chi connectivity index (χ1v) is 15.9. The minimum atomic E-state index is -2.76. The zero-order valence-corrected chi connectivity index (χ0v) is 25.1. The van der Waals surface area contributed by atoms with Gasteiger partial charge in [0.15, 0.2) is 5.65 Å². The van der Waals surface area contributed by atoms with E-state index in [-0.39, 0.29) is 86.2 Å². The maximum absolute atomic E-state index is 14.1. The number of ether oxygens (including phenoxy) is 1. The minimum Gasteiger partial charge on any atom is -0.378 e. The van der Waals surface area contributed by atoms with E-state index in [0.29, 0.717) is 37.6 Å². The van der Waals surface area contributed by atoms with Crippen molar-refractivity contribution in [2.75, 3.05) is 31.2 Å². The SMILES string of the molecule is O=C(CC1CC(F)(F)C1)N[C@@H](c1cnn2cc([C@@H](NC(=O)c3nonc3N3CCOCC3)C3CCC(F)(F)CC3)nc2c1)C1CC1. The molecule has 12 nitrogen and oxygen atoms in total. The Morgan fingerprint density at radius 1 is 0.957 bits per heavy atom. The zero-order chi connectivity index (χ0) is 32.1. The molecule has 0 radical (unpaired) electrons. The fraction of sp³-hybridized carbons (Fsp3) is 0.667. The smallest absolute Gasteiger partial charge is 0.278 e. The minimum absolute atomic E-state index is 0.00847. The number of carbonyl (C=O) groups excluding carboxylic acids is 2. The number of alkyl halides is 4. The number of imidazole rings is 1. The van der Waals surface area contributed by atoms with E-state index in [1.54, 1.807) is 16.9 Å². The van der Waals surface area contributed by atoms with E-state index in [0.717, 1.165) is 18.4 Å². The average molecular weight is 649 g/mol. The van der Waals surface area contributed by atoms with Gasteiger partial charge in [-0.25, -0.2) is 31.7 Å². The van der Waals surface area contributed by atoms with Crippen LogP contribution < -0.4 is 15.5 Å². The van der Waals surface area contributed by atoms with Crippen molar-refractivity contribution in [1.29, 1.82) is 0 Å². The Kier molecular flexibility index (Phi) is 8.09. The second-order valence-corrected chi connectivity index (χ2v) is 13.2. The van der Waals surface area contributed by atoms with E-state index >= 15 is 0 Å². The van der Waals surface area contributed by atoms with Crippen LogP contribution in [0.25, 0.3) is 5.65 Å². The predicted molar refractivity (Wildman–Crippen MR) is 153 cm³/mol. The normalized spacial score (nSPS) is 23.1. The molecule has 4 aliphatic rings. The zero-order valence-electron chi connectivity index (χ0n) is 25.1. The molecule has 3 aliphatic carbocycles. The molecule has 4 heterocycles. The lowest BCUT2D eigenvalue weighted by Gasteiger charge is -2.34. The second-order valence-electron chi connectivity index (χ2n) is 13.2. The molecule has 0 bridgehead atoms. The van der Waals surface area contributed by atoms with Gasteiger partial charge in [-0.3, -0.25) is 9.59 Å². The van der Waals surface area contributed by atoms with Crippen LogP contribution in [0.5, 0.6) is 0 Å². The Morgan fingerprint density at radius 3 is 2.37 bits per heavy atom. The summed E-state index contributed by atoms with van der Waals surface area (Å²) in [5.74, 6) is -6.42. The first kappa shape index (κ1) is 30.8. The maximum Gasteiger partial charge on any atom is 0.278 e. The topological polar surface area (TPSA) is 140 Å². The van der Waals surface area contributed by atoms with E-state index in [2.05, 4.69) is 26.0 Å². The molecule has 2 atom stereocenters. The molecule has 46 heavy (non-hydrogen) atoms. The number of carbonyl (C=O) groups is 2. The van der Waals surface area contributed by atoms with Gasteiger partial charge >= 0.3 is 0 Å². The van der Waals surface area contributed by atoms with Crippen molar-refractivity contribution in [3.63, 3.8) is 0 Å². The fourth-order valence-corrected chi connectivity index (χ4v) is 6.90. The third-order valence-electron chi connectivity index (χ3n) is 9.61. The molecule has 0 unspecified atom stereocenters. The van der Waals surface area contributed by atoms with Crippen molar-refractivity contribution >= 4 is 23.3 Å². The van der Waals surface area contributed by atoms with Crippen molar-refractivity contribution in [2.45, 2.75) is 81.7 Å². The van der Waals surface area contributed by atoms with Gasteiger partial charge in [-0.05, 0) is 65.4 Å². The number of amides is 2. The number of nitrogens with zero attached hydrogens (tertiary/aromatic N) is 6. The Morgan fingerprint density at radius 2 is 1.67 bits per heavy atom. The summed E-state index contributed by atoms with van der Waals surface area (Å²) in [5.41, 5.74) is 1.64. The molecular weight excluding hydrogens is 612 g/mol. The summed E-state index contributed by atoms with van der Waals surface area (Å²) >= 11 is 0.